The lowest BCUT2D eigenvalue weighted by Gasteiger charge is -2.19. The molecular formula is C16H27N5S. The van der Waals surface area contributed by atoms with Crippen molar-refractivity contribution in [3.8, 4) is 0 Å². The van der Waals surface area contributed by atoms with Gasteiger partial charge < -0.3 is 15.1 Å². The van der Waals surface area contributed by atoms with Crippen LogP contribution in [-0.2, 0) is 0 Å². The summed E-state index contributed by atoms with van der Waals surface area (Å²) in [6.45, 7) is 11.2. The first kappa shape index (κ1) is 20.1. The third kappa shape index (κ3) is 5.46. The quantitative estimate of drug-likeness (QED) is 0.518. The Morgan fingerprint density at radius 1 is 1.36 bits per heavy atom. The molecule has 6 heteroatoms. The van der Waals surface area contributed by atoms with Crippen LogP contribution in [0.15, 0.2) is 43.4 Å². The molecule has 2 rings (SSSR count). The first-order chi connectivity index (χ1) is 9.88. The van der Waals surface area contributed by atoms with Crippen LogP contribution >= 0.6 is 13.5 Å². The summed E-state index contributed by atoms with van der Waals surface area (Å²) in [7, 11) is 0. The molecule has 0 atom stereocenters. The number of aromatic nitrogens is 2. The van der Waals surface area contributed by atoms with Gasteiger partial charge in [-0.25, -0.2) is 10.8 Å². The van der Waals surface area contributed by atoms with Crippen molar-refractivity contribution in [2.75, 3.05) is 0 Å². The molecule has 0 radical (unpaired) electrons. The van der Waals surface area contributed by atoms with Crippen LogP contribution in [0, 0.1) is 6.92 Å². The molecule has 0 fully saturated rings. The molecule has 5 nitrogen and oxygen atoms in total. The fraction of sp³-hybridized carbons (Fsp3) is 0.312. The minimum Gasteiger partial charge on any atom is -0.397 e. The number of aryl methyl sites for hydroxylation is 1. The minimum atomic E-state index is 0. The van der Waals surface area contributed by atoms with E-state index >= 15 is 0 Å². The second kappa shape index (κ2) is 9.17. The van der Waals surface area contributed by atoms with Gasteiger partial charge in [-0.2, -0.15) is 13.5 Å². The molecule has 2 aromatic heterocycles. The molecule has 0 saturated carbocycles. The standard InChI is InChI=1S/C13H19N5.C3H6.H2S/c1-9(2)18(15)8-12(14)11-4-5-13-16-10(3)6-17(13)7-11;1-3-2;/h4-9H,14-15H2,1-3H3;3H,1H2,2H3;1H2/b12-8-;;. The Hall–Kier alpha value is -1.92. The summed E-state index contributed by atoms with van der Waals surface area (Å²) in [5.74, 6) is 5.83. The van der Waals surface area contributed by atoms with E-state index in [0.717, 1.165) is 16.9 Å². The van der Waals surface area contributed by atoms with Crippen molar-refractivity contribution in [3.05, 3.63) is 54.6 Å². The van der Waals surface area contributed by atoms with Crippen LogP contribution in [0.3, 0.4) is 0 Å². The third-order valence-electron chi connectivity index (χ3n) is 2.79. The Kier molecular flexibility index (Phi) is 8.37. The average molecular weight is 321 g/mol. The first-order valence-electron chi connectivity index (χ1n) is 6.92. The molecule has 122 valence electrons. The SMILES string of the molecule is C=CC.Cc1cn2cc(/C(N)=C/N(N)C(C)C)ccc2n1.S. The Morgan fingerprint density at radius 3 is 2.50 bits per heavy atom. The zero-order chi connectivity index (χ0) is 16.0. The zero-order valence-electron chi connectivity index (χ0n) is 13.7. The van der Waals surface area contributed by atoms with Gasteiger partial charge in [-0.1, -0.05) is 6.08 Å². The van der Waals surface area contributed by atoms with Gasteiger partial charge in [-0.3, -0.25) is 0 Å². The van der Waals surface area contributed by atoms with E-state index in [2.05, 4.69) is 11.6 Å². The number of hydrogen-bond donors (Lipinski definition) is 2. The highest BCUT2D eigenvalue weighted by Gasteiger charge is 2.04. The summed E-state index contributed by atoms with van der Waals surface area (Å²) in [6, 6.07) is 4.10. The number of hydrogen-bond acceptors (Lipinski definition) is 4. The van der Waals surface area contributed by atoms with Crippen molar-refractivity contribution in [1.29, 1.82) is 0 Å². The Balaban J connectivity index is 0.00000102. The fourth-order valence-electron chi connectivity index (χ4n) is 1.67. The van der Waals surface area contributed by atoms with Crippen LogP contribution in [0.2, 0.25) is 0 Å². The molecule has 0 unspecified atom stereocenters. The van der Waals surface area contributed by atoms with Crippen molar-refractivity contribution < 1.29 is 0 Å². The summed E-state index contributed by atoms with van der Waals surface area (Å²) >= 11 is 0. The molecule has 22 heavy (non-hydrogen) atoms. The molecule has 0 aliphatic rings. The molecule has 0 aliphatic carbocycles. The predicted octanol–water partition coefficient (Wildman–Crippen LogP) is 2.79. The Bertz CT molecular complexity index is 630. The number of hydrazine groups is 1. The topological polar surface area (TPSA) is 72.6 Å². The molecule has 2 aromatic rings. The summed E-state index contributed by atoms with van der Waals surface area (Å²) in [5, 5.41) is 1.60. The highest BCUT2D eigenvalue weighted by Crippen LogP contribution is 2.12. The highest BCUT2D eigenvalue weighted by molar-refractivity contribution is 7.59. The van der Waals surface area contributed by atoms with E-state index in [4.69, 9.17) is 11.6 Å². The van der Waals surface area contributed by atoms with Crippen molar-refractivity contribution in [2.45, 2.75) is 33.7 Å². The van der Waals surface area contributed by atoms with Crippen molar-refractivity contribution >= 4 is 24.8 Å². The van der Waals surface area contributed by atoms with Gasteiger partial charge in [0.2, 0.25) is 0 Å². The predicted molar refractivity (Wildman–Crippen MR) is 99.5 cm³/mol. The maximum Gasteiger partial charge on any atom is 0.136 e. The van der Waals surface area contributed by atoms with E-state index in [1.54, 1.807) is 17.3 Å². The third-order valence-corrected chi connectivity index (χ3v) is 2.79. The number of rotatable bonds is 3. The Labute approximate surface area is 139 Å². The Morgan fingerprint density at radius 2 is 1.95 bits per heavy atom. The van der Waals surface area contributed by atoms with Crippen LogP contribution < -0.4 is 11.6 Å². The van der Waals surface area contributed by atoms with Gasteiger partial charge in [0.25, 0.3) is 0 Å². The number of pyridine rings is 1. The maximum atomic E-state index is 6.04. The van der Waals surface area contributed by atoms with Crippen molar-refractivity contribution in [3.63, 3.8) is 0 Å². The van der Waals surface area contributed by atoms with Crippen LogP contribution in [0.4, 0.5) is 0 Å². The number of nitrogens with two attached hydrogens (primary N) is 2. The minimum absolute atomic E-state index is 0. The summed E-state index contributed by atoms with van der Waals surface area (Å²) in [4.78, 5) is 4.37. The lowest BCUT2D eigenvalue weighted by atomic mass is 10.2. The van der Waals surface area contributed by atoms with E-state index in [-0.39, 0.29) is 19.5 Å². The van der Waals surface area contributed by atoms with E-state index in [0.29, 0.717) is 5.70 Å². The molecule has 0 saturated heterocycles. The normalized spacial score (nSPS) is 10.7. The van der Waals surface area contributed by atoms with E-state index in [1.807, 2.05) is 56.6 Å². The van der Waals surface area contributed by atoms with Gasteiger partial charge in [0.05, 0.1) is 11.4 Å². The van der Waals surface area contributed by atoms with Crippen LogP contribution in [0.25, 0.3) is 11.3 Å². The number of allylic oxidation sites excluding steroid dienone is 1. The maximum absolute atomic E-state index is 6.04. The van der Waals surface area contributed by atoms with E-state index < -0.39 is 0 Å². The van der Waals surface area contributed by atoms with Crippen molar-refractivity contribution in [2.24, 2.45) is 11.6 Å². The second-order valence-corrected chi connectivity index (χ2v) is 5.10. The van der Waals surface area contributed by atoms with Crippen LogP contribution in [0.5, 0.6) is 0 Å². The summed E-state index contributed by atoms with van der Waals surface area (Å²) in [5.41, 5.74) is 9.50. The van der Waals surface area contributed by atoms with Gasteiger partial charge in [0.15, 0.2) is 0 Å². The zero-order valence-corrected chi connectivity index (χ0v) is 14.7. The highest BCUT2D eigenvalue weighted by atomic mass is 32.1. The molecule has 4 N–H and O–H groups in total. The largest absolute Gasteiger partial charge is 0.397 e. The summed E-state index contributed by atoms with van der Waals surface area (Å²) < 4.78 is 1.96. The van der Waals surface area contributed by atoms with E-state index in [1.165, 1.54) is 0 Å². The number of fused-ring (bicyclic) bond motifs is 1. The van der Waals surface area contributed by atoms with Gasteiger partial charge in [-0.05, 0) is 39.8 Å². The fourth-order valence-corrected chi connectivity index (χ4v) is 1.67. The van der Waals surface area contributed by atoms with Gasteiger partial charge in [0, 0.05) is 30.2 Å². The van der Waals surface area contributed by atoms with Crippen LogP contribution in [0.1, 0.15) is 32.0 Å². The summed E-state index contributed by atoms with van der Waals surface area (Å²) in [6.07, 6.45) is 7.42. The first-order valence-corrected chi connectivity index (χ1v) is 6.92. The smallest absolute Gasteiger partial charge is 0.136 e. The lowest BCUT2D eigenvalue weighted by Crippen LogP contribution is -2.32. The molecule has 0 aliphatic heterocycles. The molecule has 0 amide bonds. The number of imidazole rings is 1. The average Bonchev–Trinajstić information content (AvgIpc) is 2.78. The van der Waals surface area contributed by atoms with Crippen molar-refractivity contribution in [1.82, 2.24) is 14.4 Å². The molecule has 2 heterocycles. The van der Waals surface area contributed by atoms with E-state index in [9.17, 15) is 0 Å². The number of nitrogens with zero attached hydrogens (tertiary/aromatic N) is 3. The van der Waals surface area contributed by atoms with Gasteiger partial charge in [0.1, 0.15) is 5.65 Å². The van der Waals surface area contributed by atoms with Crippen LogP contribution in [-0.4, -0.2) is 20.4 Å². The second-order valence-electron chi connectivity index (χ2n) is 5.10. The monoisotopic (exact) mass is 321 g/mol. The molecule has 0 bridgehead atoms. The lowest BCUT2D eigenvalue weighted by molar-refractivity contribution is 0.324. The molecule has 0 aromatic carbocycles. The van der Waals surface area contributed by atoms with Gasteiger partial charge >= 0.3 is 0 Å². The molecule has 0 spiro atoms. The molecular weight excluding hydrogens is 294 g/mol. The van der Waals surface area contributed by atoms with Gasteiger partial charge in [-0.15, -0.1) is 6.58 Å².